The Morgan fingerprint density at radius 1 is 1.11 bits per heavy atom. The van der Waals surface area contributed by atoms with Gasteiger partial charge in [0.1, 0.15) is 18.1 Å². The summed E-state index contributed by atoms with van der Waals surface area (Å²) in [6.07, 6.45) is 2.56. The molecule has 0 spiro atoms. The molecular formula is C21H31N7O8. The summed E-state index contributed by atoms with van der Waals surface area (Å²) in [6, 6.07) is -4.71. The summed E-state index contributed by atoms with van der Waals surface area (Å²) in [7, 11) is 0. The third kappa shape index (κ3) is 8.33. The van der Waals surface area contributed by atoms with Gasteiger partial charge in [0.25, 0.3) is 0 Å². The van der Waals surface area contributed by atoms with Crippen LogP contribution in [0.15, 0.2) is 12.5 Å². The lowest BCUT2D eigenvalue weighted by Crippen LogP contribution is -2.57. The summed E-state index contributed by atoms with van der Waals surface area (Å²) in [5.41, 5.74) is 11.4. The van der Waals surface area contributed by atoms with Crippen LogP contribution >= 0.6 is 0 Å². The Balaban J connectivity index is 2.11. The predicted octanol–water partition coefficient (Wildman–Crippen LogP) is -2.54. The van der Waals surface area contributed by atoms with Gasteiger partial charge in [-0.2, -0.15) is 0 Å². The molecule has 1 saturated heterocycles. The molecule has 4 amide bonds. The van der Waals surface area contributed by atoms with Crippen molar-refractivity contribution >= 4 is 35.6 Å². The number of nitrogens with two attached hydrogens (primary N) is 2. The van der Waals surface area contributed by atoms with Crippen LogP contribution in [-0.2, 0) is 35.2 Å². The van der Waals surface area contributed by atoms with E-state index in [1.54, 1.807) is 0 Å². The van der Waals surface area contributed by atoms with Crippen molar-refractivity contribution in [1.82, 2.24) is 25.5 Å². The number of aromatic nitrogens is 2. The lowest BCUT2D eigenvalue weighted by Gasteiger charge is -2.30. The van der Waals surface area contributed by atoms with Crippen molar-refractivity contribution in [3.63, 3.8) is 0 Å². The number of hydrogen-bond donors (Lipinski definition) is 7. The minimum absolute atomic E-state index is 0.0483. The molecule has 4 atom stereocenters. The standard InChI is InChI=1S/C21H31N7O8/c22-12(3-6-17(30)31)18(32)26-13(4-5-16(23)29)20(34)28-7-1-2-15(28)19(33)27-14(21(35)36)8-11-9-24-10-25-11/h9-10,12-15H,1-8,22H2,(H2,23,29)(H,24,25)(H,26,32)(H,27,33)(H,30,31)(H,35,36). The highest BCUT2D eigenvalue weighted by molar-refractivity contribution is 5.94. The van der Waals surface area contributed by atoms with E-state index in [0.29, 0.717) is 12.1 Å². The van der Waals surface area contributed by atoms with Gasteiger partial charge < -0.3 is 42.2 Å². The number of aliphatic carboxylic acids is 2. The van der Waals surface area contributed by atoms with E-state index in [9.17, 15) is 33.9 Å². The SMILES string of the molecule is NC(=O)CCC(NC(=O)C(N)CCC(=O)O)C(=O)N1CCCC1C(=O)NC(Cc1cnc[nH]1)C(=O)O. The quantitative estimate of drug-likeness (QED) is 0.138. The van der Waals surface area contributed by atoms with Crippen LogP contribution in [0.1, 0.15) is 44.2 Å². The van der Waals surface area contributed by atoms with E-state index in [-0.39, 0.29) is 45.1 Å². The molecule has 0 aromatic carbocycles. The van der Waals surface area contributed by atoms with Crippen LogP contribution in [-0.4, -0.2) is 91.4 Å². The smallest absolute Gasteiger partial charge is 0.326 e. The monoisotopic (exact) mass is 509 g/mol. The van der Waals surface area contributed by atoms with Gasteiger partial charge in [-0.05, 0) is 25.7 Å². The van der Waals surface area contributed by atoms with Crippen LogP contribution in [0.2, 0.25) is 0 Å². The normalized spacial score (nSPS) is 17.6. The van der Waals surface area contributed by atoms with Crippen molar-refractivity contribution in [2.45, 2.75) is 69.1 Å². The molecule has 4 unspecified atom stereocenters. The number of nitrogens with one attached hydrogen (secondary N) is 3. The third-order valence-electron chi connectivity index (χ3n) is 5.73. The fourth-order valence-corrected chi connectivity index (χ4v) is 3.82. The molecule has 9 N–H and O–H groups in total. The van der Waals surface area contributed by atoms with E-state index in [0.717, 1.165) is 0 Å². The number of H-pyrrole nitrogens is 1. The van der Waals surface area contributed by atoms with Gasteiger partial charge in [0.05, 0.1) is 12.4 Å². The first-order valence-corrected chi connectivity index (χ1v) is 11.4. The number of carbonyl (C=O) groups excluding carboxylic acids is 4. The van der Waals surface area contributed by atoms with E-state index in [2.05, 4.69) is 20.6 Å². The van der Waals surface area contributed by atoms with Gasteiger partial charge in [0, 0.05) is 37.7 Å². The van der Waals surface area contributed by atoms with Crippen LogP contribution < -0.4 is 22.1 Å². The van der Waals surface area contributed by atoms with Crippen molar-refractivity contribution < 1.29 is 39.0 Å². The lowest BCUT2D eigenvalue weighted by molar-refractivity contribution is -0.145. The summed E-state index contributed by atoms with van der Waals surface area (Å²) < 4.78 is 0. The topological polar surface area (TPSA) is 251 Å². The summed E-state index contributed by atoms with van der Waals surface area (Å²) in [4.78, 5) is 80.2. The molecule has 0 saturated carbocycles. The number of primary amides is 1. The second kappa shape index (κ2) is 13.2. The summed E-state index contributed by atoms with van der Waals surface area (Å²) >= 11 is 0. The molecule has 36 heavy (non-hydrogen) atoms. The van der Waals surface area contributed by atoms with Gasteiger partial charge in [-0.3, -0.25) is 24.0 Å². The molecule has 0 aliphatic carbocycles. The van der Waals surface area contributed by atoms with Crippen LogP contribution in [0.5, 0.6) is 0 Å². The van der Waals surface area contributed by atoms with E-state index in [4.69, 9.17) is 16.6 Å². The van der Waals surface area contributed by atoms with Gasteiger partial charge in [0.2, 0.25) is 23.6 Å². The minimum Gasteiger partial charge on any atom is -0.481 e. The zero-order chi connectivity index (χ0) is 26.8. The molecule has 1 fully saturated rings. The van der Waals surface area contributed by atoms with Gasteiger partial charge >= 0.3 is 11.9 Å². The second-order valence-electron chi connectivity index (χ2n) is 8.48. The molecule has 0 bridgehead atoms. The van der Waals surface area contributed by atoms with E-state index in [1.807, 2.05) is 0 Å². The fraction of sp³-hybridized carbons (Fsp3) is 0.571. The summed E-state index contributed by atoms with van der Waals surface area (Å²) in [6.45, 7) is 0.170. The van der Waals surface area contributed by atoms with Crippen LogP contribution in [0.25, 0.3) is 0 Å². The highest BCUT2D eigenvalue weighted by Crippen LogP contribution is 2.20. The van der Waals surface area contributed by atoms with Crippen molar-refractivity contribution in [2.24, 2.45) is 11.5 Å². The van der Waals surface area contributed by atoms with Gasteiger partial charge in [-0.1, -0.05) is 0 Å². The Morgan fingerprint density at radius 3 is 2.42 bits per heavy atom. The third-order valence-corrected chi connectivity index (χ3v) is 5.73. The number of aromatic amines is 1. The summed E-state index contributed by atoms with van der Waals surface area (Å²) in [5, 5.41) is 23.2. The number of carboxylic acids is 2. The Morgan fingerprint density at radius 2 is 1.83 bits per heavy atom. The summed E-state index contributed by atoms with van der Waals surface area (Å²) in [5.74, 6) is -5.24. The zero-order valence-corrected chi connectivity index (χ0v) is 19.5. The van der Waals surface area contributed by atoms with Crippen molar-refractivity contribution in [1.29, 1.82) is 0 Å². The largest absolute Gasteiger partial charge is 0.481 e. The van der Waals surface area contributed by atoms with E-state index in [1.165, 1.54) is 17.4 Å². The highest BCUT2D eigenvalue weighted by Gasteiger charge is 2.39. The van der Waals surface area contributed by atoms with Crippen LogP contribution in [0, 0.1) is 0 Å². The first-order chi connectivity index (χ1) is 17.0. The maximum atomic E-state index is 13.3. The number of imidazole rings is 1. The Hall–Kier alpha value is -4.01. The van der Waals surface area contributed by atoms with Crippen molar-refractivity contribution in [3.8, 4) is 0 Å². The molecule has 2 heterocycles. The van der Waals surface area contributed by atoms with Gasteiger partial charge in [0.15, 0.2) is 0 Å². The Bertz CT molecular complexity index is 967. The Kier molecular flexibility index (Phi) is 10.3. The van der Waals surface area contributed by atoms with Crippen molar-refractivity contribution in [2.75, 3.05) is 6.54 Å². The van der Waals surface area contributed by atoms with Crippen LogP contribution in [0.4, 0.5) is 0 Å². The molecule has 198 valence electrons. The first-order valence-electron chi connectivity index (χ1n) is 11.4. The van der Waals surface area contributed by atoms with E-state index >= 15 is 0 Å². The Labute approximate surface area is 206 Å². The number of likely N-dealkylation sites (tertiary alicyclic amines) is 1. The number of hydrogen-bond acceptors (Lipinski definition) is 8. The number of amides is 4. The van der Waals surface area contributed by atoms with Crippen LogP contribution in [0.3, 0.4) is 0 Å². The fourth-order valence-electron chi connectivity index (χ4n) is 3.82. The maximum Gasteiger partial charge on any atom is 0.326 e. The number of carbonyl (C=O) groups is 6. The molecule has 0 radical (unpaired) electrons. The van der Waals surface area contributed by atoms with E-state index < -0.39 is 59.7 Å². The molecular weight excluding hydrogens is 478 g/mol. The second-order valence-corrected chi connectivity index (χ2v) is 8.48. The molecule has 1 aliphatic rings. The average Bonchev–Trinajstić information content (AvgIpc) is 3.51. The lowest BCUT2D eigenvalue weighted by atomic mass is 10.1. The zero-order valence-electron chi connectivity index (χ0n) is 19.5. The van der Waals surface area contributed by atoms with Crippen molar-refractivity contribution in [3.05, 3.63) is 18.2 Å². The maximum absolute atomic E-state index is 13.3. The number of carboxylic acid groups (broad SMARTS) is 2. The number of nitrogens with zero attached hydrogens (tertiary/aromatic N) is 2. The molecule has 1 aromatic rings. The molecule has 1 aliphatic heterocycles. The average molecular weight is 510 g/mol. The first kappa shape index (κ1) is 28.2. The molecule has 15 nitrogen and oxygen atoms in total. The predicted molar refractivity (Wildman–Crippen MR) is 122 cm³/mol. The minimum atomic E-state index is -1.27. The van der Waals surface area contributed by atoms with Gasteiger partial charge in [-0.25, -0.2) is 9.78 Å². The highest BCUT2D eigenvalue weighted by atomic mass is 16.4. The molecule has 1 aromatic heterocycles. The molecule has 2 rings (SSSR count). The molecule has 15 heteroatoms. The number of rotatable bonds is 14. The van der Waals surface area contributed by atoms with Gasteiger partial charge in [-0.15, -0.1) is 0 Å².